The summed E-state index contributed by atoms with van der Waals surface area (Å²) in [5, 5.41) is 0.286. The number of H-pyrrole nitrogens is 1. The van der Waals surface area contributed by atoms with Crippen molar-refractivity contribution in [3.8, 4) is 28.7 Å². The number of methoxy groups -OCH3 is 4. The average Bonchev–Trinajstić information content (AvgIpc) is 2.84. The second-order valence-corrected chi connectivity index (χ2v) is 7.51. The predicted molar refractivity (Wildman–Crippen MR) is 124 cm³/mol. The number of fused-ring (bicyclic) bond motifs is 2. The first-order valence-corrected chi connectivity index (χ1v) is 10.5. The van der Waals surface area contributed by atoms with E-state index in [1.54, 1.807) is 20.3 Å². The minimum absolute atomic E-state index is 0.216. The fraction of sp³-hybridized carbons (Fsp3) is 0.391. The van der Waals surface area contributed by atoms with Gasteiger partial charge in [-0.15, -0.1) is 0 Å². The number of benzene rings is 2. The summed E-state index contributed by atoms with van der Waals surface area (Å²) >= 11 is 0. The van der Waals surface area contributed by atoms with Crippen LogP contribution < -0.4 is 39.9 Å². The Hall–Kier alpha value is -3.66. The van der Waals surface area contributed by atoms with Crippen LogP contribution in [0.3, 0.4) is 0 Å². The number of rotatable bonds is 8. The fourth-order valence-corrected chi connectivity index (χ4v) is 4.07. The van der Waals surface area contributed by atoms with Gasteiger partial charge < -0.3 is 34.3 Å². The zero-order chi connectivity index (χ0) is 23.5. The molecule has 33 heavy (non-hydrogen) atoms. The van der Waals surface area contributed by atoms with Gasteiger partial charge in [0.1, 0.15) is 12.0 Å². The minimum Gasteiger partial charge on any atom is -0.493 e. The zero-order valence-electron chi connectivity index (χ0n) is 19.2. The van der Waals surface area contributed by atoms with Crippen molar-refractivity contribution < 1.29 is 23.7 Å². The van der Waals surface area contributed by atoms with E-state index in [2.05, 4.69) is 4.98 Å². The standard InChI is InChI=1S/C23H28N4O6/c1-29-16-9-13-5-7-27(12-14(13)10-17(16)30-2)23-25-15-11-18(31-3)20(32-4)21(33-8-6-24)19(15)22(28)26-23/h9-11H,5-8,12,24H2,1-4H3,(H,25,26,28). The third-order valence-electron chi connectivity index (χ3n) is 5.67. The highest BCUT2D eigenvalue weighted by atomic mass is 16.5. The summed E-state index contributed by atoms with van der Waals surface area (Å²) in [6.07, 6.45) is 0.772. The quantitative estimate of drug-likeness (QED) is 0.523. The largest absolute Gasteiger partial charge is 0.493 e. The van der Waals surface area contributed by atoms with Crippen molar-refractivity contribution in [2.24, 2.45) is 5.73 Å². The SMILES string of the molecule is COc1cc2c(cc1OC)CN(c1nc3cc(OC)c(OC)c(OCCN)c3c(=O)[nH]1)CC2. The number of nitrogens with zero attached hydrogens (tertiary/aromatic N) is 2. The molecule has 0 unspecified atom stereocenters. The Labute approximate surface area is 191 Å². The number of aromatic amines is 1. The van der Waals surface area contributed by atoms with Crippen LogP contribution in [0.5, 0.6) is 28.7 Å². The fourth-order valence-electron chi connectivity index (χ4n) is 4.07. The Morgan fingerprint density at radius 2 is 1.67 bits per heavy atom. The van der Waals surface area contributed by atoms with Crippen LogP contribution in [0.2, 0.25) is 0 Å². The third kappa shape index (κ3) is 4.09. The van der Waals surface area contributed by atoms with E-state index in [9.17, 15) is 4.79 Å². The monoisotopic (exact) mass is 456 g/mol. The minimum atomic E-state index is -0.332. The molecule has 2 aromatic carbocycles. The molecule has 10 nitrogen and oxygen atoms in total. The summed E-state index contributed by atoms with van der Waals surface area (Å²) < 4.78 is 27.5. The van der Waals surface area contributed by atoms with E-state index in [-0.39, 0.29) is 29.8 Å². The molecule has 4 rings (SSSR count). The molecule has 3 aromatic rings. The molecule has 10 heteroatoms. The molecule has 176 valence electrons. The molecule has 0 radical (unpaired) electrons. The molecule has 0 spiro atoms. The van der Waals surface area contributed by atoms with E-state index in [4.69, 9.17) is 34.4 Å². The van der Waals surface area contributed by atoms with Crippen molar-refractivity contribution in [3.05, 3.63) is 39.7 Å². The highest BCUT2D eigenvalue weighted by molar-refractivity contribution is 5.90. The molecule has 0 saturated carbocycles. The van der Waals surface area contributed by atoms with Gasteiger partial charge >= 0.3 is 0 Å². The summed E-state index contributed by atoms with van der Waals surface area (Å²) in [5.74, 6) is 2.83. The van der Waals surface area contributed by atoms with Gasteiger partial charge in [-0.25, -0.2) is 4.98 Å². The summed E-state index contributed by atoms with van der Waals surface area (Å²) in [6, 6.07) is 5.64. The maximum Gasteiger partial charge on any atom is 0.264 e. The van der Waals surface area contributed by atoms with Crippen LogP contribution in [-0.4, -0.2) is 58.1 Å². The molecule has 1 aliphatic heterocycles. The van der Waals surface area contributed by atoms with Crippen molar-refractivity contribution in [1.29, 1.82) is 0 Å². The van der Waals surface area contributed by atoms with Crippen LogP contribution in [0.25, 0.3) is 10.9 Å². The number of anilines is 1. The van der Waals surface area contributed by atoms with Gasteiger partial charge in [0.25, 0.3) is 5.56 Å². The first-order valence-electron chi connectivity index (χ1n) is 10.5. The molecule has 0 aliphatic carbocycles. The number of ether oxygens (including phenoxy) is 5. The van der Waals surface area contributed by atoms with Gasteiger partial charge in [-0.1, -0.05) is 0 Å². The van der Waals surface area contributed by atoms with E-state index in [0.717, 1.165) is 12.0 Å². The number of aromatic nitrogens is 2. The lowest BCUT2D eigenvalue weighted by Gasteiger charge is -2.30. The molecule has 1 aliphatic rings. The van der Waals surface area contributed by atoms with Crippen LogP contribution in [0.15, 0.2) is 23.0 Å². The van der Waals surface area contributed by atoms with Gasteiger partial charge in [-0.3, -0.25) is 9.78 Å². The average molecular weight is 456 g/mol. The van der Waals surface area contributed by atoms with Gasteiger partial charge in [0, 0.05) is 25.7 Å². The van der Waals surface area contributed by atoms with Crippen LogP contribution in [0, 0.1) is 0 Å². The molecule has 2 heterocycles. The zero-order valence-corrected chi connectivity index (χ0v) is 19.2. The Kier molecular flexibility index (Phi) is 6.45. The Morgan fingerprint density at radius 3 is 2.30 bits per heavy atom. The molecular weight excluding hydrogens is 428 g/mol. The van der Waals surface area contributed by atoms with Crippen molar-refractivity contribution >= 4 is 16.9 Å². The molecule has 0 amide bonds. The molecule has 1 aromatic heterocycles. The normalized spacial score (nSPS) is 12.9. The van der Waals surface area contributed by atoms with E-state index < -0.39 is 0 Å². The van der Waals surface area contributed by atoms with Crippen molar-refractivity contribution in [3.63, 3.8) is 0 Å². The van der Waals surface area contributed by atoms with Crippen LogP contribution >= 0.6 is 0 Å². The number of hydrogen-bond donors (Lipinski definition) is 2. The van der Waals surface area contributed by atoms with Crippen LogP contribution in [0.1, 0.15) is 11.1 Å². The smallest absolute Gasteiger partial charge is 0.264 e. The Balaban J connectivity index is 1.78. The molecule has 3 N–H and O–H groups in total. The first-order chi connectivity index (χ1) is 16.0. The van der Waals surface area contributed by atoms with Gasteiger partial charge in [-0.2, -0.15) is 0 Å². The topological polar surface area (TPSA) is 121 Å². The summed E-state index contributed by atoms with van der Waals surface area (Å²) in [7, 11) is 6.24. The second-order valence-electron chi connectivity index (χ2n) is 7.51. The van der Waals surface area contributed by atoms with Gasteiger partial charge in [0.05, 0.1) is 34.0 Å². The van der Waals surface area contributed by atoms with Gasteiger partial charge in [0.15, 0.2) is 23.0 Å². The van der Waals surface area contributed by atoms with Crippen LogP contribution in [-0.2, 0) is 13.0 Å². The first kappa shape index (κ1) is 22.5. The van der Waals surface area contributed by atoms with E-state index >= 15 is 0 Å². The lowest BCUT2D eigenvalue weighted by atomic mass is 9.99. The van der Waals surface area contributed by atoms with Crippen molar-refractivity contribution in [2.75, 3.05) is 53.0 Å². The molecular formula is C23H28N4O6. The van der Waals surface area contributed by atoms with Crippen molar-refractivity contribution in [1.82, 2.24) is 9.97 Å². The van der Waals surface area contributed by atoms with Gasteiger partial charge in [-0.05, 0) is 29.7 Å². The maximum absolute atomic E-state index is 13.2. The number of hydrogen-bond acceptors (Lipinski definition) is 9. The highest BCUT2D eigenvalue weighted by Crippen LogP contribution is 2.42. The second kappa shape index (κ2) is 9.45. The maximum atomic E-state index is 13.2. The van der Waals surface area contributed by atoms with E-state index in [1.807, 2.05) is 17.0 Å². The molecule has 0 atom stereocenters. The molecule has 0 saturated heterocycles. The Morgan fingerprint density at radius 1 is 0.970 bits per heavy atom. The predicted octanol–water partition coefficient (Wildman–Crippen LogP) is 1.86. The Bertz CT molecular complexity index is 1230. The lowest BCUT2D eigenvalue weighted by Crippen LogP contribution is -2.33. The molecule has 0 fully saturated rings. The highest BCUT2D eigenvalue weighted by Gasteiger charge is 2.24. The summed E-state index contributed by atoms with van der Waals surface area (Å²) in [6.45, 7) is 1.75. The van der Waals surface area contributed by atoms with Crippen LogP contribution in [0.4, 0.5) is 5.95 Å². The summed E-state index contributed by atoms with van der Waals surface area (Å²) in [5.41, 5.74) is 7.97. The van der Waals surface area contributed by atoms with Crippen molar-refractivity contribution in [2.45, 2.75) is 13.0 Å². The lowest BCUT2D eigenvalue weighted by molar-refractivity contribution is 0.294. The molecule has 0 bridgehead atoms. The number of nitrogens with one attached hydrogen (secondary N) is 1. The number of nitrogens with two attached hydrogens (primary N) is 1. The third-order valence-corrected chi connectivity index (χ3v) is 5.67. The van der Waals surface area contributed by atoms with E-state index in [0.29, 0.717) is 47.6 Å². The summed E-state index contributed by atoms with van der Waals surface area (Å²) in [4.78, 5) is 22.8. The van der Waals surface area contributed by atoms with Gasteiger partial charge in [0.2, 0.25) is 11.7 Å². The van der Waals surface area contributed by atoms with E-state index in [1.165, 1.54) is 19.8 Å².